The Balaban J connectivity index is 2.37. The quantitative estimate of drug-likeness (QED) is 0.765. The fourth-order valence-electron chi connectivity index (χ4n) is 2.37. The van der Waals surface area contributed by atoms with Gasteiger partial charge in [0.25, 0.3) is 5.91 Å². The molecule has 3 N–H and O–H groups in total. The van der Waals surface area contributed by atoms with Crippen molar-refractivity contribution in [2.24, 2.45) is 0 Å². The molecule has 1 aromatic rings. The normalized spacial score (nSPS) is 17.3. The zero-order valence-corrected chi connectivity index (χ0v) is 13.1. The number of benzene rings is 1. The van der Waals surface area contributed by atoms with Crippen LogP contribution in [0.4, 0.5) is 11.4 Å². The van der Waals surface area contributed by atoms with Crippen LogP contribution < -0.4 is 10.2 Å². The Morgan fingerprint density at radius 1 is 1.45 bits per heavy atom. The molecule has 1 atom stereocenters. The molecule has 0 aliphatic carbocycles. The second-order valence-electron chi connectivity index (χ2n) is 5.15. The van der Waals surface area contributed by atoms with Crippen molar-refractivity contribution in [3.8, 4) is 0 Å². The molecule has 1 aromatic carbocycles. The van der Waals surface area contributed by atoms with E-state index in [-0.39, 0.29) is 12.6 Å². The Morgan fingerprint density at radius 3 is 2.75 bits per heavy atom. The molecular formula is C14H19BrN2O3. The van der Waals surface area contributed by atoms with Gasteiger partial charge in [-0.2, -0.15) is 0 Å². The van der Waals surface area contributed by atoms with Gasteiger partial charge in [0.2, 0.25) is 0 Å². The third-order valence-corrected chi connectivity index (χ3v) is 4.04. The zero-order chi connectivity index (χ0) is 14.9. The Kier molecular flexibility index (Phi) is 4.67. The van der Waals surface area contributed by atoms with E-state index in [0.717, 1.165) is 16.7 Å². The van der Waals surface area contributed by atoms with Crippen LogP contribution in [-0.4, -0.2) is 35.3 Å². The summed E-state index contributed by atoms with van der Waals surface area (Å²) in [7, 11) is 0. The number of hydrogen-bond acceptors (Lipinski definition) is 4. The molecular weight excluding hydrogens is 324 g/mol. The minimum Gasteiger partial charge on any atom is -0.396 e. The fourth-order valence-corrected chi connectivity index (χ4v) is 2.96. The molecule has 0 bridgehead atoms. The van der Waals surface area contributed by atoms with Crippen LogP contribution in [0.3, 0.4) is 0 Å². The van der Waals surface area contributed by atoms with Gasteiger partial charge in [-0.1, -0.05) is 0 Å². The smallest absolute Gasteiger partial charge is 0.257 e. The third-order valence-electron chi connectivity index (χ3n) is 3.41. The lowest BCUT2D eigenvalue weighted by molar-refractivity contribution is -0.123. The Labute approximate surface area is 126 Å². The van der Waals surface area contributed by atoms with Gasteiger partial charge >= 0.3 is 0 Å². The van der Waals surface area contributed by atoms with Crippen molar-refractivity contribution in [1.29, 1.82) is 0 Å². The number of nitrogens with one attached hydrogen (secondary N) is 1. The van der Waals surface area contributed by atoms with E-state index in [0.29, 0.717) is 17.7 Å². The van der Waals surface area contributed by atoms with E-state index in [4.69, 9.17) is 5.11 Å². The molecule has 0 saturated carbocycles. The SMILES string of the molecule is CC(C)N(CCCO)c1cc2c(cc1Br)C(O)C(=O)N2. The number of nitrogens with zero attached hydrogens (tertiary/aromatic N) is 1. The van der Waals surface area contributed by atoms with E-state index in [9.17, 15) is 9.90 Å². The first-order valence-electron chi connectivity index (χ1n) is 6.65. The molecule has 0 radical (unpaired) electrons. The Morgan fingerprint density at radius 2 is 2.15 bits per heavy atom. The van der Waals surface area contributed by atoms with Crippen LogP contribution in [-0.2, 0) is 4.79 Å². The van der Waals surface area contributed by atoms with E-state index in [1.165, 1.54) is 0 Å². The molecule has 0 saturated heterocycles. The predicted molar refractivity (Wildman–Crippen MR) is 81.9 cm³/mol. The topological polar surface area (TPSA) is 72.8 Å². The molecule has 1 aliphatic heterocycles. The lowest BCUT2D eigenvalue weighted by atomic mass is 10.1. The molecule has 110 valence electrons. The van der Waals surface area contributed by atoms with Crippen molar-refractivity contribution in [3.05, 3.63) is 22.2 Å². The van der Waals surface area contributed by atoms with Crippen molar-refractivity contribution in [3.63, 3.8) is 0 Å². The van der Waals surface area contributed by atoms with Crippen molar-refractivity contribution in [1.82, 2.24) is 0 Å². The minimum atomic E-state index is -1.10. The van der Waals surface area contributed by atoms with Gasteiger partial charge in [-0.25, -0.2) is 0 Å². The van der Waals surface area contributed by atoms with E-state index in [2.05, 4.69) is 40.0 Å². The number of halogens is 1. The lowest BCUT2D eigenvalue weighted by Crippen LogP contribution is -2.32. The summed E-state index contributed by atoms with van der Waals surface area (Å²) >= 11 is 3.50. The molecule has 0 spiro atoms. The molecule has 6 heteroatoms. The molecule has 1 unspecified atom stereocenters. The summed E-state index contributed by atoms with van der Waals surface area (Å²) in [4.78, 5) is 13.7. The first kappa shape index (κ1) is 15.3. The fraction of sp³-hybridized carbons (Fsp3) is 0.500. The highest BCUT2D eigenvalue weighted by atomic mass is 79.9. The largest absolute Gasteiger partial charge is 0.396 e. The van der Waals surface area contributed by atoms with E-state index < -0.39 is 12.0 Å². The van der Waals surface area contributed by atoms with Crippen LogP contribution in [0.2, 0.25) is 0 Å². The summed E-state index contributed by atoms with van der Waals surface area (Å²) < 4.78 is 0.832. The zero-order valence-electron chi connectivity index (χ0n) is 11.6. The summed E-state index contributed by atoms with van der Waals surface area (Å²) in [6.45, 7) is 5.01. The maximum atomic E-state index is 11.5. The molecule has 1 amide bonds. The van der Waals surface area contributed by atoms with E-state index in [1.807, 2.05) is 6.07 Å². The maximum absolute atomic E-state index is 11.5. The average Bonchev–Trinajstić information content (AvgIpc) is 2.66. The summed E-state index contributed by atoms with van der Waals surface area (Å²) in [6, 6.07) is 3.91. The second-order valence-corrected chi connectivity index (χ2v) is 6.00. The van der Waals surface area contributed by atoms with E-state index >= 15 is 0 Å². The summed E-state index contributed by atoms with van der Waals surface area (Å²) in [5, 5.41) is 21.5. The number of fused-ring (bicyclic) bond motifs is 1. The maximum Gasteiger partial charge on any atom is 0.257 e. The molecule has 0 aromatic heterocycles. The first-order chi connectivity index (χ1) is 9.45. The highest BCUT2D eigenvalue weighted by Crippen LogP contribution is 2.39. The summed E-state index contributed by atoms with van der Waals surface area (Å²) in [6.07, 6.45) is -0.420. The summed E-state index contributed by atoms with van der Waals surface area (Å²) in [5.41, 5.74) is 2.19. The molecule has 1 aliphatic rings. The number of anilines is 2. The van der Waals surface area contributed by atoms with Crippen LogP contribution in [0.5, 0.6) is 0 Å². The monoisotopic (exact) mass is 342 g/mol. The van der Waals surface area contributed by atoms with E-state index in [1.54, 1.807) is 6.07 Å². The Bertz CT molecular complexity index is 519. The number of carbonyl (C=O) groups is 1. The first-order valence-corrected chi connectivity index (χ1v) is 7.45. The third kappa shape index (κ3) is 2.82. The molecule has 5 nitrogen and oxygen atoms in total. The number of aliphatic hydroxyl groups excluding tert-OH is 2. The Hall–Kier alpha value is -1.11. The molecule has 2 rings (SSSR count). The van der Waals surface area contributed by atoms with Gasteiger partial charge in [0.05, 0.1) is 5.69 Å². The number of hydrogen-bond donors (Lipinski definition) is 3. The van der Waals surface area contributed by atoms with Gasteiger partial charge in [0.1, 0.15) is 0 Å². The molecule has 0 fully saturated rings. The van der Waals surface area contributed by atoms with Gasteiger partial charge in [0.15, 0.2) is 6.10 Å². The van der Waals surface area contributed by atoms with Gasteiger partial charge in [-0.3, -0.25) is 4.79 Å². The van der Waals surface area contributed by atoms with Crippen molar-refractivity contribution < 1.29 is 15.0 Å². The van der Waals surface area contributed by atoms with Crippen LogP contribution >= 0.6 is 15.9 Å². The van der Waals surface area contributed by atoms with Crippen LogP contribution in [0.1, 0.15) is 31.9 Å². The second kappa shape index (κ2) is 6.11. The van der Waals surface area contributed by atoms with Gasteiger partial charge in [-0.05, 0) is 48.3 Å². The van der Waals surface area contributed by atoms with Crippen molar-refractivity contribution in [2.45, 2.75) is 32.4 Å². The van der Waals surface area contributed by atoms with Crippen LogP contribution in [0.25, 0.3) is 0 Å². The number of carbonyl (C=O) groups excluding carboxylic acids is 1. The molecule has 20 heavy (non-hydrogen) atoms. The number of rotatable bonds is 5. The standard InChI is InChI=1S/C14H19BrN2O3/c1-8(2)17(4-3-5-18)12-7-11-9(6-10(12)15)13(19)14(20)16-11/h6-8,13,18-19H,3-5H2,1-2H3,(H,16,20). The average molecular weight is 343 g/mol. The highest BCUT2D eigenvalue weighted by Gasteiger charge is 2.30. The number of aliphatic hydroxyl groups is 2. The van der Waals surface area contributed by atoms with Crippen molar-refractivity contribution >= 4 is 33.2 Å². The minimum absolute atomic E-state index is 0.140. The molecule has 1 heterocycles. The highest BCUT2D eigenvalue weighted by molar-refractivity contribution is 9.10. The van der Waals surface area contributed by atoms with Gasteiger partial charge < -0.3 is 20.4 Å². The number of amides is 1. The summed E-state index contributed by atoms with van der Waals surface area (Å²) in [5.74, 6) is -0.393. The van der Waals surface area contributed by atoms with Crippen LogP contribution in [0.15, 0.2) is 16.6 Å². The van der Waals surface area contributed by atoms with Crippen LogP contribution in [0, 0.1) is 0 Å². The van der Waals surface area contributed by atoms with Crippen molar-refractivity contribution in [2.75, 3.05) is 23.4 Å². The van der Waals surface area contributed by atoms with Gasteiger partial charge in [-0.15, -0.1) is 0 Å². The predicted octanol–water partition coefficient (Wildman–Crippen LogP) is 2.03. The van der Waals surface area contributed by atoms with Gasteiger partial charge in [0, 0.05) is 34.9 Å². The lowest BCUT2D eigenvalue weighted by Gasteiger charge is -2.30.